The molecule has 0 spiro atoms. The maximum Gasteiger partial charge on any atom is 0.244 e. The van der Waals surface area contributed by atoms with Crippen molar-refractivity contribution in [1.29, 1.82) is 0 Å². The largest absolute Gasteiger partial charge is 0.353 e. The van der Waals surface area contributed by atoms with Gasteiger partial charge in [0.25, 0.3) is 0 Å². The minimum Gasteiger partial charge on any atom is -0.353 e. The lowest BCUT2D eigenvalue weighted by atomic mass is 10.2. The Morgan fingerprint density at radius 1 is 1.14 bits per heavy atom. The van der Waals surface area contributed by atoms with Gasteiger partial charge in [0.05, 0.1) is 5.52 Å². The van der Waals surface area contributed by atoms with Gasteiger partial charge < -0.3 is 10.2 Å². The average molecular weight is 385 g/mol. The van der Waals surface area contributed by atoms with Crippen LogP contribution in [0.15, 0.2) is 61.1 Å². The summed E-state index contributed by atoms with van der Waals surface area (Å²) in [5.74, 6) is 2.89. The van der Waals surface area contributed by atoms with Crippen molar-refractivity contribution in [1.82, 2.24) is 20.3 Å². The number of para-hydroxylation sites is 1. The molecule has 1 aliphatic heterocycles. The molecule has 3 atom stereocenters. The number of benzene rings is 1. The van der Waals surface area contributed by atoms with Crippen molar-refractivity contribution in [2.75, 3.05) is 24.5 Å². The van der Waals surface area contributed by atoms with Crippen LogP contribution in [-0.4, -0.2) is 40.5 Å². The number of carbonyl (C=O) groups excluding carboxylic acids is 1. The third kappa shape index (κ3) is 3.83. The summed E-state index contributed by atoms with van der Waals surface area (Å²) in [6, 6.07) is 11.9. The third-order valence-electron chi connectivity index (χ3n) is 6.02. The molecule has 1 aliphatic carbocycles. The first-order valence-corrected chi connectivity index (χ1v) is 10.1. The van der Waals surface area contributed by atoms with Crippen molar-refractivity contribution in [3.05, 3.63) is 66.6 Å². The van der Waals surface area contributed by atoms with Gasteiger partial charge in [-0.2, -0.15) is 0 Å². The van der Waals surface area contributed by atoms with E-state index < -0.39 is 0 Å². The molecule has 1 unspecified atom stereocenters. The smallest absolute Gasteiger partial charge is 0.244 e. The van der Waals surface area contributed by atoms with Crippen molar-refractivity contribution >= 4 is 28.8 Å². The van der Waals surface area contributed by atoms with Crippen molar-refractivity contribution in [3.63, 3.8) is 0 Å². The van der Waals surface area contributed by atoms with Crippen LogP contribution in [0.5, 0.6) is 0 Å². The van der Waals surface area contributed by atoms with Gasteiger partial charge in [0.2, 0.25) is 11.9 Å². The highest BCUT2D eigenvalue weighted by molar-refractivity contribution is 5.91. The fraction of sp³-hybridized carbons (Fsp3) is 0.304. The van der Waals surface area contributed by atoms with Gasteiger partial charge in [-0.05, 0) is 47.9 Å². The topological polar surface area (TPSA) is 71.0 Å². The number of anilines is 1. The quantitative estimate of drug-likeness (QED) is 0.661. The first kappa shape index (κ1) is 17.8. The van der Waals surface area contributed by atoms with E-state index in [1.807, 2.05) is 42.6 Å². The monoisotopic (exact) mass is 385 g/mol. The molecule has 1 saturated heterocycles. The summed E-state index contributed by atoms with van der Waals surface area (Å²) >= 11 is 0. The van der Waals surface area contributed by atoms with Crippen molar-refractivity contribution in [2.45, 2.75) is 6.42 Å². The molecule has 0 bridgehead atoms. The summed E-state index contributed by atoms with van der Waals surface area (Å²) in [5.41, 5.74) is 1.92. The predicted molar refractivity (Wildman–Crippen MR) is 113 cm³/mol. The zero-order valence-corrected chi connectivity index (χ0v) is 16.1. The molecular weight excluding hydrogens is 362 g/mol. The van der Waals surface area contributed by atoms with Crippen LogP contribution in [0, 0.1) is 17.8 Å². The summed E-state index contributed by atoms with van der Waals surface area (Å²) in [7, 11) is 0. The summed E-state index contributed by atoms with van der Waals surface area (Å²) in [6.45, 7) is 2.76. The molecule has 29 heavy (non-hydrogen) atoms. The SMILES string of the molecule is O=C(/C=C/c1cccnc1)NCCC1[C@H]2CN(c3ncc4ccccc4n3)C[C@@H]12. The number of pyridine rings is 1. The molecule has 1 amide bonds. The predicted octanol–water partition coefficient (Wildman–Crippen LogP) is 2.93. The Morgan fingerprint density at radius 2 is 2.00 bits per heavy atom. The van der Waals surface area contributed by atoms with E-state index in [1.54, 1.807) is 24.5 Å². The van der Waals surface area contributed by atoms with E-state index in [9.17, 15) is 4.79 Å². The Bertz CT molecular complexity index is 1040. The van der Waals surface area contributed by atoms with Crippen molar-refractivity contribution in [3.8, 4) is 0 Å². The summed E-state index contributed by atoms with van der Waals surface area (Å²) in [4.78, 5) is 27.6. The van der Waals surface area contributed by atoms with E-state index in [2.05, 4.69) is 20.2 Å². The highest BCUT2D eigenvalue weighted by atomic mass is 16.1. The molecule has 0 radical (unpaired) electrons. The molecule has 146 valence electrons. The molecule has 2 aliphatic rings. The molecule has 2 aromatic heterocycles. The third-order valence-corrected chi connectivity index (χ3v) is 6.02. The van der Waals surface area contributed by atoms with Gasteiger partial charge in [-0.3, -0.25) is 9.78 Å². The lowest BCUT2D eigenvalue weighted by Crippen LogP contribution is -2.27. The molecular formula is C23H23N5O. The Morgan fingerprint density at radius 3 is 2.83 bits per heavy atom. The Labute approximate surface area is 169 Å². The number of nitrogens with one attached hydrogen (secondary N) is 1. The molecule has 1 saturated carbocycles. The second-order valence-corrected chi connectivity index (χ2v) is 7.82. The first-order chi connectivity index (χ1) is 14.3. The number of amides is 1. The summed E-state index contributed by atoms with van der Waals surface area (Å²) in [6.07, 6.45) is 9.76. The van der Waals surface area contributed by atoms with E-state index in [4.69, 9.17) is 4.98 Å². The number of aromatic nitrogens is 3. The maximum absolute atomic E-state index is 12.0. The molecule has 1 N–H and O–H groups in total. The molecule has 5 rings (SSSR count). The minimum atomic E-state index is -0.0501. The zero-order valence-electron chi connectivity index (χ0n) is 16.1. The Kier molecular flexibility index (Phi) is 4.68. The number of hydrogen-bond donors (Lipinski definition) is 1. The van der Waals surface area contributed by atoms with E-state index in [0.29, 0.717) is 17.8 Å². The van der Waals surface area contributed by atoms with E-state index in [-0.39, 0.29) is 5.91 Å². The van der Waals surface area contributed by atoms with Crippen LogP contribution in [0.2, 0.25) is 0 Å². The van der Waals surface area contributed by atoms with Gasteiger partial charge in [-0.1, -0.05) is 24.3 Å². The van der Waals surface area contributed by atoms with E-state index in [0.717, 1.165) is 48.5 Å². The Balaban J connectivity index is 1.08. The van der Waals surface area contributed by atoms with Crippen LogP contribution in [0.25, 0.3) is 17.0 Å². The standard InChI is InChI=1S/C23H23N5O/c29-22(8-7-16-4-3-10-24-12-16)25-11-9-18-19-14-28(15-20(18)19)23-26-13-17-5-1-2-6-21(17)27-23/h1-8,10,12-13,18-20H,9,11,14-15H2,(H,25,29)/b8-7+/t18?,19-,20+. The van der Waals surface area contributed by atoms with Crippen molar-refractivity contribution in [2.24, 2.45) is 17.8 Å². The van der Waals surface area contributed by atoms with Crippen LogP contribution >= 0.6 is 0 Å². The molecule has 3 aromatic rings. The number of hydrogen-bond acceptors (Lipinski definition) is 5. The van der Waals surface area contributed by atoms with Crippen LogP contribution in [-0.2, 0) is 4.79 Å². The highest BCUT2D eigenvalue weighted by Crippen LogP contribution is 2.53. The number of nitrogens with zero attached hydrogens (tertiary/aromatic N) is 4. The number of fused-ring (bicyclic) bond motifs is 2. The Hall–Kier alpha value is -3.28. The first-order valence-electron chi connectivity index (χ1n) is 10.1. The maximum atomic E-state index is 12.0. The normalized spacial score (nSPS) is 22.8. The van der Waals surface area contributed by atoms with Gasteiger partial charge in [-0.25, -0.2) is 9.97 Å². The molecule has 1 aromatic carbocycles. The van der Waals surface area contributed by atoms with Crippen molar-refractivity contribution < 1.29 is 4.79 Å². The van der Waals surface area contributed by atoms with E-state index in [1.165, 1.54) is 0 Å². The second-order valence-electron chi connectivity index (χ2n) is 7.82. The molecule has 2 fully saturated rings. The molecule has 6 nitrogen and oxygen atoms in total. The number of piperidine rings is 1. The summed E-state index contributed by atoms with van der Waals surface area (Å²) < 4.78 is 0. The average Bonchev–Trinajstić information content (AvgIpc) is 3.20. The fourth-order valence-corrected chi connectivity index (χ4v) is 4.42. The van der Waals surface area contributed by atoms with Gasteiger partial charge in [0, 0.05) is 49.7 Å². The fourth-order valence-electron chi connectivity index (χ4n) is 4.42. The van der Waals surface area contributed by atoms with Gasteiger partial charge in [-0.15, -0.1) is 0 Å². The van der Waals surface area contributed by atoms with Crippen LogP contribution in [0.3, 0.4) is 0 Å². The number of carbonyl (C=O) groups is 1. The minimum absolute atomic E-state index is 0.0501. The lowest BCUT2D eigenvalue weighted by molar-refractivity contribution is -0.116. The van der Waals surface area contributed by atoms with Crippen LogP contribution in [0.4, 0.5) is 5.95 Å². The van der Waals surface area contributed by atoms with Crippen LogP contribution < -0.4 is 10.2 Å². The highest BCUT2D eigenvalue weighted by Gasteiger charge is 2.55. The van der Waals surface area contributed by atoms with Crippen LogP contribution in [0.1, 0.15) is 12.0 Å². The number of rotatable bonds is 6. The van der Waals surface area contributed by atoms with E-state index >= 15 is 0 Å². The zero-order chi connectivity index (χ0) is 19.6. The molecule has 6 heteroatoms. The van der Waals surface area contributed by atoms with Gasteiger partial charge in [0.15, 0.2) is 0 Å². The summed E-state index contributed by atoms with van der Waals surface area (Å²) in [5, 5.41) is 4.07. The second kappa shape index (κ2) is 7.62. The van der Waals surface area contributed by atoms with Gasteiger partial charge >= 0.3 is 0 Å². The van der Waals surface area contributed by atoms with Gasteiger partial charge in [0.1, 0.15) is 0 Å². The lowest BCUT2D eigenvalue weighted by Gasteiger charge is -2.20. The molecule has 3 heterocycles.